The Hall–Kier alpha value is -2.40. The SMILES string of the molecule is CC(C)C(=O)Oc1ccc2c(c1)O/C(=C\c1cccc(Br)c1)C2=O. The molecular weight excluding hydrogens is 372 g/mol. The molecule has 0 bridgehead atoms. The monoisotopic (exact) mass is 386 g/mol. The predicted molar refractivity (Wildman–Crippen MR) is 94.0 cm³/mol. The van der Waals surface area contributed by atoms with Crippen molar-refractivity contribution in [3.8, 4) is 11.5 Å². The summed E-state index contributed by atoms with van der Waals surface area (Å²) in [5, 5.41) is 0. The number of rotatable bonds is 3. The maximum Gasteiger partial charge on any atom is 0.313 e. The topological polar surface area (TPSA) is 52.6 Å². The number of hydrogen-bond acceptors (Lipinski definition) is 4. The van der Waals surface area contributed by atoms with Crippen molar-refractivity contribution < 1.29 is 19.1 Å². The summed E-state index contributed by atoms with van der Waals surface area (Å²) < 4.78 is 11.8. The molecule has 122 valence electrons. The van der Waals surface area contributed by atoms with E-state index in [9.17, 15) is 9.59 Å². The summed E-state index contributed by atoms with van der Waals surface area (Å²) in [5.74, 6) is 0.262. The first-order chi connectivity index (χ1) is 11.4. The van der Waals surface area contributed by atoms with Gasteiger partial charge in [-0.2, -0.15) is 0 Å². The molecule has 0 N–H and O–H groups in total. The van der Waals surface area contributed by atoms with Crippen molar-refractivity contribution in [3.63, 3.8) is 0 Å². The third kappa shape index (κ3) is 3.41. The molecule has 0 unspecified atom stereocenters. The average Bonchev–Trinajstić information content (AvgIpc) is 2.83. The lowest BCUT2D eigenvalue weighted by molar-refractivity contribution is -0.137. The van der Waals surface area contributed by atoms with E-state index in [0.717, 1.165) is 10.0 Å². The van der Waals surface area contributed by atoms with Gasteiger partial charge < -0.3 is 9.47 Å². The number of allylic oxidation sites excluding steroid dienone is 1. The minimum atomic E-state index is -0.329. The average molecular weight is 387 g/mol. The van der Waals surface area contributed by atoms with Crippen LogP contribution in [-0.4, -0.2) is 11.8 Å². The number of ether oxygens (including phenoxy) is 2. The molecule has 0 spiro atoms. The molecule has 0 amide bonds. The summed E-state index contributed by atoms with van der Waals surface area (Å²) in [6.07, 6.45) is 1.69. The highest BCUT2D eigenvalue weighted by atomic mass is 79.9. The van der Waals surface area contributed by atoms with E-state index >= 15 is 0 Å². The van der Waals surface area contributed by atoms with E-state index in [4.69, 9.17) is 9.47 Å². The van der Waals surface area contributed by atoms with Crippen LogP contribution in [0.3, 0.4) is 0 Å². The van der Waals surface area contributed by atoms with Crippen LogP contribution in [0.15, 0.2) is 52.7 Å². The zero-order valence-electron chi connectivity index (χ0n) is 13.2. The number of hydrogen-bond donors (Lipinski definition) is 0. The number of carbonyl (C=O) groups is 2. The van der Waals surface area contributed by atoms with Gasteiger partial charge in [0.15, 0.2) is 5.76 Å². The van der Waals surface area contributed by atoms with E-state index in [-0.39, 0.29) is 23.4 Å². The van der Waals surface area contributed by atoms with Crippen molar-refractivity contribution in [3.05, 3.63) is 63.8 Å². The molecule has 24 heavy (non-hydrogen) atoms. The third-order valence-corrected chi connectivity index (χ3v) is 3.97. The molecule has 1 heterocycles. The Morgan fingerprint density at radius 2 is 2.00 bits per heavy atom. The van der Waals surface area contributed by atoms with Gasteiger partial charge in [-0.15, -0.1) is 0 Å². The zero-order valence-corrected chi connectivity index (χ0v) is 14.8. The molecular formula is C19H15BrO4. The Morgan fingerprint density at radius 1 is 1.21 bits per heavy atom. The first kappa shape index (κ1) is 16.5. The highest BCUT2D eigenvalue weighted by molar-refractivity contribution is 9.10. The van der Waals surface area contributed by atoms with Crippen molar-refractivity contribution in [2.24, 2.45) is 5.92 Å². The molecule has 2 aromatic rings. The highest BCUT2D eigenvalue weighted by Crippen LogP contribution is 2.35. The molecule has 4 nitrogen and oxygen atoms in total. The molecule has 0 saturated heterocycles. The van der Waals surface area contributed by atoms with Crippen LogP contribution in [-0.2, 0) is 4.79 Å². The second kappa shape index (κ2) is 6.61. The van der Waals surface area contributed by atoms with Crippen molar-refractivity contribution in [1.29, 1.82) is 0 Å². The van der Waals surface area contributed by atoms with Gasteiger partial charge in [-0.3, -0.25) is 9.59 Å². The summed E-state index contributed by atoms with van der Waals surface area (Å²) in [4.78, 5) is 24.1. The van der Waals surface area contributed by atoms with Crippen LogP contribution in [0.5, 0.6) is 11.5 Å². The van der Waals surface area contributed by atoms with Crippen molar-refractivity contribution in [2.45, 2.75) is 13.8 Å². The van der Waals surface area contributed by atoms with Crippen LogP contribution in [0.25, 0.3) is 6.08 Å². The minimum absolute atomic E-state index is 0.188. The number of fused-ring (bicyclic) bond motifs is 1. The van der Waals surface area contributed by atoms with E-state index in [2.05, 4.69) is 15.9 Å². The van der Waals surface area contributed by atoms with E-state index in [1.165, 1.54) is 0 Å². The van der Waals surface area contributed by atoms with Gasteiger partial charge in [0.05, 0.1) is 11.5 Å². The Kier molecular flexibility index (Phi) is 4.53. The van der Waals surface area contributed by atoms with Gasteiger partial charge in [0, 0.05) is 10.5 Å². The summed E-state index contributed by atoms with van der Waals surface area (Å²) in [6, 6.07) is 12.3. The Bertz CT molecular complexity index is 852. The fourth-order valence-corrected chi connectivity index (χ4v) is 2.63. The Labute approximate surface area is 148 Å². The quantitative estimate of drug-likeness (QED) is 0.438. The van der Waals surface area contributed by atoms with Crippen LogP contribution in [0.4, 0.5) is 0 Å². The number of halogens is 1. The normalized spacial score (nSPS) is 14.7. The van der Waals surface area contributed by atoms with Crippen molar-refractivity contribution >= 4 is 33.8 Å². The molecule has 0 fully saturated rings. The van der Waals surface area contributed by atoms with Gasteiger partial charge in [0.2, 0.25) is 5.78 Å². The highest BCUT2D eigenvalue weighted by Gasteiger charge is 2.28. The van der Waals surface area contributed by atoms with Gasteiger partial charge in [-0.25, -0.2) is 0 Å². The van der Waals surface area contributed by atoms with E-state index in [1.807, 2.05) is 24.3 Å². The lowest BCUT2D eigenvalue weighted by atomic mass is 10.1. The number of benzene rings is 2. The van der Waals surface area contributed by atoms with Crippen molar-refractivity contribution in [2.75, 3.05) is 0 Å². The van der Waals surface area contributed by atoms with Crippen molar-refractivity contribution in [1.82, 2.24) is 0 Å². The standard InChI is InChI=1S/C19H15BrO4/c1-11(2)19(22)23-14-6-7-15-16(10-14)24-17(18(15)21)9-12-4-3-5-13(20)8-12/h3-11H,1-2H3/b17-9-. The molecule has 0 radical (unpaired) electrons. The predicted octanol–water partition coefficient (Wildman–Crippen LogP) is 4.63. The number of Topliss-reactive ketones (excluding diaryl/α,β-unsaturated/α-hetero) is 1. The lowest BCUT2D eigenvalue weighted by Crippen LogP contribution is -2.14. The smallest absolute Gasteiger partial charge is 0.313 e. The minimum Gasteiger partial charge on any atom is -0.452 e. The molecule has 0 aliphatic carbocycles. The number of ketones is 1. The van der Waals surface area contributed by atoms with E-state index in [1.54, 1.807) is 38.1 Å². The van der Waals surface area contributed by atoms with Gasteiger partial charge in [-0.05, 0) is 35.9 Å². The zero-order chi connectivity index (χ0) is 17.3. The first-order valence-corrected chi connectivity index (χ1v) is 8.29. The van der Waals surface area contributed by atoms with E-state index in [0.29, 0.717) is 17.1 Å². The lowest BCUT2D eigenvalue weighted by Gasteiger charge is -2.07. The van der Waals surface area contributed by atoms with Gasteiger partial charge >= 0.3 is 5.97 Å². The second-order valence-corrected chi connectivity index (χ2v) is 6.64. The molecule has 1 aliphatic heterocycles. The Balaban J connectivity index is 1.86. The maximum atomic E-state index is 12.4. The molecule has 0 atom stereocenters. The Morgan fingerprint density at radius 3 is 2.71 bits per heavy atom. The van der Waals surface area contributed by atoms with Crippen LogP contribution < -0.4 is 9.47 Å². The summed E-state index contributed by atoms with van der Waals surface area (Å²) in [6.45, 7) is 3.52. The maximum absolute atomic E-state index is 12.4. The molecule has 3 rings (SSSR count). The van der Waals surface area contributed by atoms with Crippen LogP contribution in [0, 0.1) is 5.92 Å². The van der Waals surface area contributed by atoms with Gasteiger partial charge in [0.1, 0.15) is 11.5 Å². The fourth-order valence-electron chi connectivity index (χ4n) is 2.21. The third-order valence-electron chi connectivity index (χ3n) is 3.48. The van der Waals surface area contributed by atoms with Crippen LogP contribution in [0.2, 0.25) is 0 Å². The summed E-state index contributed by atoms with van der Waals surface area (Å²) in [7, 11) is 0. The molecule has 0 saturated carbocycles. The first-order valence-electron chi connectivity index (χ1n) is 7.49. The molecule has 0 aromatic heterocycles. The van der Waals surface area contributed by atoms with E-state index < -0.39 is 0 Å². The van der Waals surface area contributed by atoms with Gasteiger partial charge in [0.25, 0.3) is 0 Å². The summed E-state index contributed by atoms with van der Waals surface area (Å²) in [5.41, 5.74) is 1.31. The summed E-state index contributed by atoms with van der Waals surface area (Å²) >= 11 is 3.40. The molecule has 1 aliphatic rings. The van der Waals surface area contributed by atoms with Crippen LogP contribution in [0.1, 0.15) is 29.8 Å². The number of esters is 1. The fraction of sp³-hybridized carbons (Fsp3) is 0.158. The van der Waals surface area contributed by atoms with Crippen LogP contribution >= 0.6 is 15.9 Å². The largest absolute Gasteiger partial charge is 0.452 e. The second-order valence-electron chi connectivity index (χ2n) is 5.73. The molecule has 2 aromatic carbocycles. The number of carbonyl (C=O) groups excluding carboxylic acids is 2. The van der Waals surface area contributed by atoms with Gasteiger partial charge in [-0.1, -0.05) is 41.9 Å². The molecule has 5 heteroatoms.